The molecule has 0 aromatic carbocycles. The van der Waals surface area contributed by atoms with E-state index in [-0.39, 0.29) is 5.91 Å². The van der Waals surface area contributed by atoms with Gasteiger partial charge in [0.25, 0.3) is 0 Å². The van der Waals surface area contributed by atoms with Crippen LogP contribution in [0, 0.1) is 5.92 Å². The minimum absolute atomic E-state index is 0.206. The second-order valence-electron chi connectivity index (χ2n) is 5.45. The van der Waals surface area contributed by atoms with E-state index in [1.807, 2.05) is 6.92 Å². The highest BCUT2D eigenvalue weighted by molar-refractivity contribution is 5.85. The second kappa shape index (κ2) is 9.32. The second-order valence-corrected chi connectivity index (χ2v) is 5.45. The number of hydrogen-bond acceptors (Lipinski definition) is 4. The first-order valence-electron chi connectivity index (χ1n) is 7.87. The summed E-state index contributed by atoms with van der Waals surface area (Å²) in [7, 11) is 0. The monoisotopic (exact) mass is 286 g/mol. The Morgan fingerprint density at radius 1 is 1.30 bits per heavy atom. The Bertz CT molecular complexity index is 286. The number of carbonyl (C=O) groups is 1. The van der Waals surface area contributed by atoms with Crippen molar-refractivity contribution in [3.05, 3.63) is 0 Å². The molecule has 20 heavy (non-hydrogen) atoms. The van der Waals surface area contributed by atoms with Crippen LogP contribution in [0.5, 0.6) is 0 Å². The van der Waals surface area contributed by atoms with Gasteiger partial charge in [-0.05, 0) is 45.1 Å². The van der Waals surface area contributed by atoms with E-state index in [0.717, 1.165) is 45.3 Å². The molecule has 1 saturated carbocycles. The van der Waals surface area contributed by atoms with E-state index in [1.54, 1.807) is 0 Å². The lowest BCUT2D eigenvalue weighted by molar-refractivity contribution is -0.126. The predicted molar refractivity (Wildman–Crippen MR) is 79.5 cm³/mol. The van der Waals surface area contributed by atoms with E-state index < -0.39 is 5.54 Å². The lowest BCUT2D eigenvalue weighted by Crippen LogP contribution is -2.58. The molecule has 0 aromatic rings. The summed E-state index contributed by atoms with van der Waals surface area (Å²) in [5.74, 6) is 0.0846. The molecule has 1 rings (SSSR count). The van der Waals surface area contributed by atoms with Gasteiger partial charge in [-0.25, -0.2) is 0 Å². The maximum Gasteiger partial charge on any atom is 0.238 e. The molecule has 0 bridgehead atoms. The van der Waals surface area contributed by atoms with Gasteiger partial charge in [0, 0.05) is 13.2 Å². The Labute approximate surface area is 122 Å². The van der Waals surface area contributed by atoms with Crippen molar-refractivity contribution < 1.29 is 14.3 Å². The molecule has 3 N–H and O–H groups in total. The van der Waals surface area contributed by atoms with Crippen LogP contribution in [-0.4, -0.2) is 44.4 Å². The lowest BCUT2D eigenvalue weighted by atomic mass is 9.84. The van der Waals surface area contributed by atoms with Crippen LogP contribution in [0.3, 0.4) is 0 Å². The Kier molecular flexibility index (Phi) is 8.11. The third-order valence-corrected chi connectivity index (χ3v) is 4.14. The van der Waals surface area contributed by atoms with Gasteiger partial charge in [0.2, 0.25) is 5.91 Å². The van der Waals surface area contributed by atoms with Crippen molar-refractivity contribution in [1.29, 1.82) is 0 Å². The molecule has 5 heteroatoms. The van der Waals surface area contributed by atoms with Crippen LogP contribution in [0.2, 0.25) is 0 Å². The normalized spacial score (nSPS) is 26.0. The van der Waals surface area contributed by atoms with E-state index in [1.165, 1.54) is 0 Å². The number of nitrogens with one attached hydrogen (secondary N) is 1. The van der Waals surface area contributed by atoms with E-state index in [2.05, 4.69) is 12.2 Å². The number of rotatable bonds is 11. The minimum Gasteiger partial charge on any atom is -0.379 e. The van der Waals surface area contributed by atoms with Crippen LogP contribution in [0.25, 0.3) is 0 Å². The molecule has 0 spiro atoms. The van der Waals surface area contributed by atoms with Crippen LogP contribution in [0.4, 0.5) is 0 Å². The molecule has 0 aromatic heterocycles. The molecule has 0 saturated heterocycles. The highest BCUT2D eigenvalue weighted by Crippen LogP contribution is 2.37. The highest BCUT2D eigenvalue weighted by atomic mass is 16.5. The van der Waals surface area contributed by atoms with Gasteiger partial charge in [-0.2, -0.15) is 0 Å². The first kappa shape index (κ1) is 17.4. The first-order chi connectivity index (χ1) is 9.67. The quantitative estimate of drug-likeness (QED) is 0.564. The summed E-state index contributed by atoms with van der Waals surface area (Å²) in [5, 5.41) is 3.40. The zero-order valence-electron chi connectivity index (χ0n) is 13.0. The topological polar surface area (TPSA) is 73.6 Å². The van der Waals surface area contributed by atoms with E-state index >= 15 is 0 Å². The average molecular weight is 286 g/mol. The Morgan fingerprint density at radius 2 is 2.05 bits per heavy atom. The average Bonchev–Trinajstić information content (AvgIpc) is 2.84. The van der Waals surface area contributed by atoms with Gasteiger partial charge >= 0.3 is 0 Å². The molecule has 118 valence electrons. The molecule has 1 amide bonds. The standard InChI is InChI=1S/C15H30N2O3/c1-3-9-17-15(14(16)18)8-5-6-13(15)7-10-20-12-11-19-4-2/h13,17H,3-12H2,1-2H3,(H2,16,18). The Balaban J connectivity index is 2.39. The van der Waals surface area contributed by atoms with Crippen molar-refractivity contribution in [1.82, 2.24) is 5.32 Å². The molecule has 1 aliphatic rings. The van der Waals surface area contributed by atoms with Crippen molar-refractivity contribution in [2.75, 3.05) is 33.0 Å². The van der Waals surface area contributed by atoms with Crippen molar-refractivity contribution in [3.8, 4) is 0 Å². The molecule has 0 heterocycles. The van der Waals surface area contributed by atoms with Crippen LogP contribution in [0.15, 0.2) is 0 Å². The third-order valence-electron chi connectivity index (χ3n) is 4.14. The number of carbonyl (C=O) groups excluding carboxylic acids is 1. The molecule has 0 radical (unpaired) electrons. The maximum atomic E-state index is 11.9. The lowest BCUT2D eigenvalue weighted by Gasteiger charge is -2.33. The van der Waals surface area contributed by atoms with Gasteiger partial charge in [-0.15, -0.1) is 0 Å². The van der Waals surface area contributed by atoms with Crippen LogP contribution >= 0.6 is 0 Å². The summed E-state index contributed by atoms with van der Waals surface area (Å²) in [6, 6.07) is 0. The molecule has 1 aliphatic carbocycles. The summed E-state index contributed by atoms with van der Waals surface area (Å²) in [6.45, 7) is 7.55. The zero-order valence-corrected chi connectivity index (χ0v) is 13.0. The fraction of sp³-hybridized carbons (Fsp3) is 0.933. The van der Waals surface area contributed by atoms with Crippen molar-refractivity contribution >= 4 is 5.91 Å². The van der Waals surface area contributed by atoms with Gasteiger partial charge in [0.15, 0.2) is 0 Å². The molecule has 2 unspecified atom stereocenters. The predicted octanol–water partition coefficient (Wildman–Crippen LogP) is 1.45. The number of primary amides is 1. The van der Waals surface area contributed by atoms with Gasteiger partial charge in [0.05, 0.1) is 13.2 Å². The number of hydrogen-bond donors (Lipinski definition) is 2. The summed E-state index contributed by atoms with van der Waals surface area (Å²) < 4.78 is 10.8. The van der Waals surface area contributed by atoms with Gasteiger partial charge < -0.3 is 20.5 Å². The van der Waals surface area contributed by atoms with Crippen molar-refractivity contribution in [2.45, 2.75) is 51.5 Å². The molecular weight excluding hydrogens is 256 g/mol. The Morgan fingerprint density at radius 3 is 2.70 bits per heavy atom. The molecule has 2 atom stereocenters. The number of amides is 1. The summed E-state index contributed by atoms with van der Waals surface area (Å²) in [6.07, 6.45) is 4.85. The fourth-order valence-electron chi connectivity index (χ4n) is 3.05. The summed E-state index contributed by atoms with van der Waals surface area (Å²) in [4.78, 5) is 11.9. The molecular formula is C15H30N2O3. The van der Waals surface area contributed by atoms with Crippen LogP contribution in [0.1, 0.15) is 46.0 Å². The number of ether oxygens (including phenoxy) is 2. The van der Waals surface area contributed by atoms with Gasteiger partial charge in [-0.3, -0.25) is 4.79 Å². The first-order valence-corrected chi connectivity index (χ1v) is 7.87. The largest absolute Gasteiger partial charge is 0.379 e. The number of nitrogens with two attached hydrogens (primary N) is 1. The van der Waals surface area contributed by atoms with E-state index in [0.29, 0.717) is 25.7 Å². The summed E-state index contributed by atoms with van der Waals surface area (Å²) >= 11 is 0. The van der Waals surface area contributed by atoms with Crippen LogP contribution < -0.4 is 11.1 Å². The molecule has 5 nitrogen and oxygen atoms in total. The smallest absolute Gasteiger partial charge is 0.238 e. The SMILES string of the molecule is CCCNC1(C(N)=O)CCCC1CCOCCOCC. The van der Waals surface area contributed by atoms with E-state index in [4.69, 9.17) is 15.2 Å². The van der Waals surface area contributed by atoms with Crippen molar-refractivity contribution in [2.24, 2.45) is 11.7 Å². The summed E-state index contributed by atoms with van der Waals surface area (Å²) in [5.41, 5.74) is 5.16. The van der Waals surface area contributed by atoms with E-state index in [9.17, 15) is 4.79 Å². The van der Waals surface area contributed by atoms with Crippen LogP contribution in [-0.2, 0) is 14.3 Å². The maximum absolute atomic E-state index is 11.9. The Hall–Kier alpha value is -0.650. The van der Waals surface area contributed by atoms with Gasteiger partial charge in [-0.1, -0.05) is 13.3 Å². The molecule has 0 aliphatic heterocycles. The van der Waals surface area contributed by atoms with Crippen molar-refractivity contribution in [3.63, 3.8) is 0 Å². The third kappa shape index (κ3) is 4.72. The van der Waals surface area contributed by atoms with Gasteiger partial charge in [0.1, 0.15) is 5.54 Å². The fourth-order valence-corrected chi connectivity index (χ4v) is 3.05. The highest BCUT2D eigenvalue weighted by Gasteiger charge is 2.46. The molecule has 1 fully saturated rings. The zero-order chi connectivity index (χ0) is 14.8. The minimum atomic E-state index is -0.515.